The highest BCUT2D eigenvalue weighted by Crippen LogP contribution is 2.27. The lowest BCUT2D eigenvalue weighted by molar-refractivity contribution is -0.113. The number of thioether (sulfide) groups is 1. The fraction of sp³-hybridized carbons (Fsp3) is 0.176. The highest BCUT2D eigenvalue weighted by Gasteiger charge is 2.13. The number of aromatic amines is 1. The number of nitrogens with zero attached hydrogens (tertiary/aromatic N) is 1. The Morgan fingerprint density at radius 1 is 1.30 bits per heavy atom. The Hall–Kier alpha value is -1.98. The van der Waals surface area contributed by atoms with Gasteiger partial charge in [0.1, 0.15) is 5.82 Å². The van der Waals surface area contributed by atoms with E-state index in [9.17, 15) is 4.79 Å². The van der Waals surface area contributed by atoms with Crippen LogP contribution in [0.25, 0.3) is 11.0 Å². The van der Waals surface area contributed by atoms with Crippen LogP contribution in [0.3, 0.4) is 0 Å². The number of nitrogens with one attached hydrogen (secondary N) is 2. The van der Waals surface area contributed by atoms with Gasteiger partial charge in [-0.25, -0.2) is 4.98 Å². The number of amides is 1. The van der Waals surface area contributed by atoms with Crippen LogP contribution in [0.1, 0.15) is 18.0 Å². The summed E-state index contributed by atoms with van der Waals surface area (Å²) in [4.78, 5) is 19.9. The molecule has 1 amide bonds. The minimum absolute atomic E-state index is 0.0553. The van der Waals surface area contributed by atoms with Crippen molar-refractivity contribution in [2.24, 2.45) is 0 Å². The maximum absolute atomic E-state index is 12.0. The smallest absolute Gasteiger partial charge is 0.234 e. The van der Waals surface area contributed by atoms with Crippen LogP contribution in [0.2, 0.25) is 5.02 Å². The van der Waals surface area contributed by atoms with Gasteiger partial charge in [0.2, 0.25) is 5.91 Å². The van der Waals surface area contributed by atoms with Gasteiger partial charge in [0.25, 0.3) is 0 Å². The van der Waals surface area contributed by atoms with Gasteiger partial charge in [0, 0.05) is 10.7 Å². The van der Waals surface area contributed by atoms with Gasteiger partial charge in [-0.15, -0.1) is 11.8 Å². The Bertz CT molecular complexity index is 800. The normalized spacial score (nSPS) is 12.3. The van der Waals surface area contributed by atoms with Gasteiger partial charge >= 0.3 is 0 Å². The predicted octanol–water partition coefficient (Wildman–Crippen LogP) is 4.65. The molecule has 0 fully saturated rings. The molecule has 0 aliphatic heterocycles. The standard InChI is InChI=1S/C17H16ClN3OS/c1-11(17-20-14-7-2-3-8-15(14)21-17)23-10-16(22)19-13-6-4-5-12(18)9-13/h2-9,11H,10H2,1H3,(H,19,22)(H,20,21)/t11-/m0/s1. The summed E-state index contributed by atoms with van der Waals surface area (Å²) >= 11 is 7.44. The molecule has 0 spiro atoms. The average molecular weight is 346 g/mol. The zero-order chi connectivity index (χ0) is 16.2. The summed E-state index contributed by atoms with van der Waals surface area (Å²) in [5.74, 6) is 1.18. The van der Waals surface area contributed by atoms with Crippen molar-refractivity contribution in [3.05, 3.63) is 59.4 Å². The molecule has 6 heteroatoms. The number of anilines is 1. The first-order chi connectivity index (χ1) is 11.1. The van der Waals surface area contributed by atoms with Crippen LogP contribution in [-0.4, -0.2) is 21.6 Å². The number of carbonyl (C=O) groups is 1. The van der Waals surface area contributed by atoms with Crippen LogP contribution in [0, 0.1) is 0 Å². The second-order valence-corrected chi connectivity index (χ2v) is 6.92. The van der Waals surface area contributed by atoms with Crippen molar-refractivity contribution in [2.75, 3.05) is 11.1 Å². The molecule has 0 saturated heterocycles. The Balaban J connectivity index is 1.57. The number of carbonyl (C=O) groups excluding carboxylic acids is 1. The highest BCUT2D eigenvalue weighted by molar-refractivity contribution is 8.00. The molecule has 2 N–H and O–H groups in total. The lowest BCUT2D eigenvalue weighted by atomic mass is 10.3. The molecule has 0 aliphatic carbocycles. The van der Waals surface area contributed by atoms with E-state index >= 15 is 0 Å². The summed E-state index contributed by atoms with van der Waals surface area (Å²) < 4.78 is 0. The lowest BCUT2D eigenvalue weighted by Gasteiger charge is -2.09. The van der Waals surface area contributed by atoms with E-state index in [0.717, 1.165) is 16.9 Å². The van der Waals surface area contributed by atoms with E-state index in [-0.39, 0.29) is 11.2 Å². The largest absolute Gasteiger partial charge is 0.341 e. The van der Waals surface area contributed by atoms with E-state index < -0.39 is 0 Å². The SMILES string of the molecule is C[C@H](SCC(=O)Nc1cccc(Cl)c1)c1nc2ccccc2[nH]1. The van der Waals surface area contributed by atoms with Gasteiger partial charge in [-0.05, 0) is 37.3 Å². The van der Waals surface area contributed by atoms with Crippen LogP contribution >= 0.6 is 23.4 Å². The van der Waals surface area contributed by atoms with Gasteiger partial charge in [-0.3, -0.25) is 4.79 Å². The topological polar surface area (TPSA) is 57.8 Å². The van der Waals surface area contributed by atoms with Gasteiger partial charge < -0.3 is 10.3 Å². The number of halogens is 1. The van der Waals surface area contributed by atoms with E-state index in [0.29, 0.717) is 16.5 Å². The number of H-pyrrole nitrogens is 1. The average Bonchev–Trinajstić information content (AvgIpc) is 2.97. The Morgan fingerprint density at radius 2 is 2.13 bits per heavy atom. The minimum Gasteiger partial charge on any atom is -0.341 e. The monoisotopic (exact) mass is 345 g/mol. The molecular weight excluding hydrogens is 330 g/mol. The number of hydrogen-bond acceptors (Lipinski definition) is 3. The third-order valence-corrected chi connectivity index (χ3v) is 4.75. The summed E-state index contributed by atoms with van der Waals surface area (Å²) in [5, 5.41) is 3.55. The molecule has 0 saturated carbocycles. The zero-order valence-corrected chi connectivity index (χ0v) is 14.1. The Morgan fingerprint density at radius 3 is 2.91 bits per heavy atom. The van der Waals surface area contributed by atoms with Crippen LogP contribution in [0.15, 0.2) is 48.5 Å². The Kier molecular flexibility index (Phi) is 4.88. The second kappa shape index (κ2) is 7.06. The molecule has 0 unspecified atom stereocenters. The molecule has 1 aromatic heterocycles. The third-order valence-electron chi connectivity index (χ3n) is 3.37. The Labute approximate surface area is 143 Å². The second-order valence-electron chi connectivity index (χ2n) is 5.15. The summed E-state index contributed by atoms with van der Waals surface area (Å²) in [6, 6.07) is 15.0. The van der Waals surface area contributed by atoms with Crippen molar-refractivity contribution in [2.45, 2.75) is 12.2 Å². The molecule has 118 valence electrons. The summed E-state index contributed by atoms with van der Waals surface area (Å²) in [6.45, 7) is 2.04. The highest BCUT2D eigenvalue weighted by atomic mass is 35.5. The first-order valence-corrected chi connectivity index (χ1v) is 8.66. The molecule has 0 radical (unpaired) electrons. The van der Waals surface area contributed by atoms with Gasteiger partial charge in [-0.1, -0.05) is 29.8 Å². The fourth-order valence-corrected chi connectivity index (χ4v) is 3.14. The first kappa shape index (κ1) is 15.9. The van der Waals surface area contributed by atoms with Crippen molar-refractivity contribution in [3.8, 4) is 0 Å². The quantitative estimate of drug-likeness (QED) is 0.707. The first-order valence-electron chi connectivity index (χ1n) is 7.23. The fourth-order valence-electron chi connectivity index (χ4n) is 2.21. The zero-order valence-electron chi connectivity index (χ0n) is 12.5. The van der Waals surface area contributed by atoms with E-state index in [4.69, 9.17) is 11.6 Å². The molecule has 0 bridgehead atoms. The number of benzene rings is 2. The molecule has 4 nitrogen and oxygen atoms in total. The molecule has 1 atom stereocenters. The maximum Gasteiger partial charge on any atom is 0.234 e. The number of aromatic nitrogens is 2. The number of rotatable bonds is 5. The lowest BCUT2D eigenvalue weighted by Crippen LogP contribution is -2.14. The van der Waals surface area contributed by atoms with Crippen LogP contribution in [0.5, 0.6) is 0 Å². The molecular formula is C17H16ClN3OS. The van der Waals surface area contributed by atoms with Crippen molar-refractivity contribution in [1.29, 1.82) is 0 Å². The summed E-state index contributed by atoms with van der Waals surface area (Å²) in [6.07, 6.45) is 0. The molecule has 3 aromatic rings. The molecule has 0 aliphatic rings. The number of para-hydroxylation sites is 2. The van der Waals surface area contributed by atoms with Gasteiger partial charge in [0.15, 0.2) is 0 Å². The predicted molar refractivity (Wildman–Crippen MR) is 97.0 cm³/mol. The van der Waals surface area contributed by atoms with Crippen LogP contribution in [0.4, 0.5) is 5.69 Å². The van der Waals surface area contributed by atoms with E-state index in [1.165, 1.54) is 11.8 Å². The van der Waals surface area contributed by atoms with Crippen molar-refractivity contribution >= 4 is 46.0 Å². The number of imidazole rings is 1. The molecule has 23 heavy (non-hydrogen) atoms. The van der Waals surface area contributed by atoms with Gasteiger partial charge in [0.05, 0.1) is 22.0 Å². The molecule has 2 aromatic carbocycles. The van der Waals surface area contributed by atoms with Gasteiger partial charge in [-0.2, -0.15) is 0 Å². The van der Waals surface area contributed by atoms with Crippen molar-refractivity contribution in [1.82, 2.24) is 9.97 Å². The van der Waals surface area contributed by atoms with Crippen molar-refractivity contribution in [3.63, 3.8) is 0 Å². The van der Waals surface area contributed by atoms with Crippen LogP contribution in [-0.2, 0) is 4.79 Å². The maximum atomic E-state index is 12.0. The van der Waals surface area contributed by atoms with Crippen LogP contribution < -0.4 is 5.32 Å². The number of fused-ring (bicyclic) bond motifs is 1. The minimum atomic E-state index is -0.0553. The summed E-state index contributed by atoms with van der Waals surface area (Å²) in [5.41, 5.74) is 2.66. The summed E-state index contributed by atoms with van der Waals surface area (Å²) in [7, 11) is 0. The molecule has 3 rings (SSSR count). The van der Waals surface area contributed by atoms with E-state index in [1.807, 2.05) is 43.3 Å². The third kappa shape index (κ3) is 4.06. The van der Waals surface area contributed by atoms with E-state index in [2.05, 4.69) is 15.3 Å². The number of hydrogen-bond donors (Lipinski definition) is 2. The van der Waals surface area contributed by atoms with Crippen molar-refractivity contribution < 1.29 is 4.79 Å². The molecule has 1 heterocycles. The van der Waals surface area contributed by atoms with E-state index in [1.54, 1.807) is 12.1 Å².